The second-order valence-corrected chi connectivity index (χ2v) is 6.34. The van der Waals surface area contributed by atoms with Crippen LogP contribution in [0.5, 0.6) is 11.5 Å². The van der Waals surface area contributed by atoms with E-state index in [0.717, 1.165) is 36.3 Å². The van der Waals surface area contributed by atoms with Gasteiger partial charge in [0.15, 0.2) is 18.1 Å². The molecule has 0 aliphatic carbocycles. The number of ether oxygens (including phenoxy) is 3. The fourth-order valence-corrected chi connectivity index (χ4v) is 3.13. The number of carbonyl (C=O) groups excluding carboxylic acids is 1. The molecule has 27 heavy (non-hydrogen) atoms. The summed E-state index contributed by atoms with van der Waals surface area (Å²) in [4.78, 5) is 20.1. The van der Waals surface area contributed by atoms with Crippen molar-refractivity contribution in [1.29, 1.82) is 0 Å². The summed E-state index contributed by atoms with van der Waals surface area (Å²) in [6.07, 6.45) is 2.06. The summed E-state index contributed by atoms with van der Waals surface area (Å²) < 4.78 is 16.4. The van der Waals surface area contributed by atoms with Crippen LogP contribution < -0.4 is 14.8 Å². The summed E-state index contributed by atoms with van der Waals surface area (Å²) in [7, 11) is 1.56. The molecule has 1 aromatic heterocycles. The number of para-hydroxylation sites is 2. The van der Waals surface area contributed by atoms with Crippen molar-refractivity contribution in [3.8, 4) is 11.5 Å². The zero-order valence-electron chi connectivity index (χ0n) is 15.0. The van der Waals surface area contributed by atoms with Crippen LogP contribution in [0.1, 0.15) is 24.8 Å². The van der Waals surface area contributed by atoms with Gasteiger partial charge in [-0.3, -0.25) is 4.79 Å². The van der Waals surface area contributed by atoms with E-state index in [1.807, 2.05) is 30.3 Å². The van der Waals surface area contributed by atoms with Crippen LogP contribution in [0.3, 0.4) is 0 Å². The van der Waals surface area contributed by atoms with Crippen molar-refractivity contribution < 1.29 is 19.0 Å². The first-order valence-electron chi connectivity index (χ1n) is 8.90. The molecule has 2 heterocycles. The Morgan fingerprint density at radius 2 is 2.15 bits per heavy atom. The maximum Gasteiger partial charge on any atom is 0.262 e. The molecule has 140 valence electrons. The Bertz CT molecular complexity index is 947. The quantitative estimate of drug-likeness (QED) is 0.697. The summed E-state index contributed by atoms with van der Waals surface area (Å²) in [6.45, 7) is 0.664. The normalized spacial score (nSPS) is 16.4. The third kappa shape index (κ3) is 3.88. The average molecular weight is 367 g/mol. The second-order valence-electron chi connectivity index (χ2n) is 6.34. The number of fused-ring (bicyclic) bond motifs is 1. The number of hydrogen-bond donors (Lipinski definition) is 2. The number of aromatic nitrogens is 2. The van der Waals surface area contributed by atoms with Crippen molar-refractivity contribution in [2.75, 3.05) is 25.6 Å². The molecule has 4 rings (SSSR count). The zero-order valence-corrected chi connectivity index (χ0v) is 15.0. The summed E-state index contributed by atoms with van der Waals surface area (Å²) in [5.74, 6) is 1.70. The van der Waals surface area contributed by atoms with Gasteiger partial charge in [-0.25, -0.2) is 4.98 Å². The lowest BCUT2D eigenvalue weighted by molar-refractivity contribution is -0.118. The number of anilines is 1. The Labute approximate surface area is 156 Å². The fourth-order valence-electron chi connectivity index (χ4n) is 3.13. The summed E-state index contributed by atoms with van der Waals surface area (Å²) in [5, 5.41) is 2.84. The number of rotatable bonds is 6. The zero-order chi connectivity index (χ0) is 18.6. The molecule has 1 amide bonds. The molecule has 1 unspecified atom stereocenters. The van der Waals surface area contributed by atoms with Gasteiger partial charge in [-0.15, -0.1) is 0 Å². The highest BCUT2D eigenvalue weighted by Crippen LogP contribution is 2.29. The molecule has 0 saturated carbocycles. The van der Waals surface area contributed by atoms with E-state index in [0.29, 0.717) is 17.2 Å². The lowest BCUT2D eigenvalue weighted by Gasteiger charge is -2.10. The highest BCUT2D eigenvalue weighted by atomic mass is 16.5. The van der Waals surface area contributed by atoms with E-state index in [2.05, 4.69) is 15.3 Å². The molecule has 0 spiro atoms. The Balaban J connectivity index is 1.41. The maximum atomic E-state index is 12.2. The monoisotopic (exact) mass is 367 g/mol. The Hall–Kier alpha value is -3.06. The molecule has 7 heteroatoms. The van der Waals surface area contributed by atoms with Gasteiger partial charge in [0.2, 0.25) is 0 Å². The molecule has 1 atom stereocenters. The van der Waals surface area contributed by atoms with Gasteiger partial charge in [-0.05, 0) is 43.2 Å². The minimum Gasteiger partial charge on any atom is -0.493 e. The van der Waals surface area contributed by atoms with Gasteiger partial charge in [0.25, 0.3) is 5.91 Å². The van der Waals surface area contributed by atoms with E-state index in [4.69, 9.17) is 14.2 Å². The fraction of sp³-hybridized carbons (Fsp3) is 0.300. The van der Waals surface area contributed by atoms with E-state index >= 15 is 0 Å². The highest BCUT2D eigenvalue weighted by molar-refractivity contribution is 5.94. The van der Waals surface area contributed by atoms with Crippen molar-refractivity contribution in [3.05, 3.63) is 48.3 Å². The molecule has 7 nitrogen and oxygen atoms in total. The van der Waals surface area contributed by atoms with Gasteiger partial charge in [-0.1, -0.05) is 12.1 Å². The number of imidazole rings is 1. The molecule has 1 aliphatic rings. The van der Waals surface area contributed by atoms with Crippen LogP contribution in [0.2, 0.25) is 0 Å². The van der Waals surface area contributed by atoms with Crippen molar-refractivity contribution in [1.82, 2.24) is 9.97 Å². The lowest BCUT2D eigenvalue weighted by Crippen LogP contribution is -2.20. The maximum absolute atomic E-state index is 12.2. The predicted octanol–water partition coefficient (Wildman–Crippen LogP) is 3.44. The van der Waals surface area contributed by atoms with Gasteiger partial charge in [-0.2, -0.15) is 0 Å². The molecular formula is C20H21N3O4. The van der Waals surface area contributed by atoms with Gasteiger partial charge >= 0.3 is 0 Å². The molecule has 2 N–H and O–H groups in total. The van der Waals surface area contributed by atoms with Crippen molar-refractivity contribution in [3.63, 3.8) is 0 Å². The first-order valence-corrected chi connectivity index (χ1v) is 8.90. The number of benzene rings is 2. The standard InChI is InChI=1S/C20H21N3O4/c1-25-16-5-2-3-6-17(16)27-12-19(24)21-13-8-9-14-15(11-13)23-20(22-14)18-7-4-10-26-18/h2-3,5-6,8-9,11,18H,4,7,10,12H2,1H3,(H,21,24)(H,22,23). The van der Waals surface area contributed by atoms with Gasteiger partial charge in [0.1, 0.15) is 11.9 Å². The van der Waals surface area contributed by atoms with E-state index in [9.17, 15) is 4.79 Å². The van der Waals surface area contributed by atoms with Gasteiger partial charge < -0.3 is 24.5 Å². The smallest absolute Gasteiger partial charge is 0.262 e. The van der Waals surface area contributed by atoms with Gasteiger partial charge in [0.05, 0.1) is 18.1 Å². The lowest BCUT2D eigenvalue weighted by atomic mass is 10.2. The Morgan fingerprint density at radius 3 is 2.93 bits per heavy atom. The molecule has 0 bridgehead atoms. The third-order valence-corrected chi connectivity index (χ3v) is 4.45. The summed E-state index contributed by atoms with van der Waals surface area (Å²) >= 11 is 0. The topological polar surface area (TPSA) is 85.5 Å². The second kappa shape index (κ2) is 7.67. The third-order valence-electron chi connectivity index (χ3n) is 4.45. The minimum absolute atomic E-state index is 0.0321. The summed E-state index contributed by atoms with van der Waals surface area (Å²) in [5.41, 5.74) is 2.39. The molecule has 2 aromatic carbocycles. The van der Waals surface area contributed by atoms with E-state index in [1.54, 1.807) is 19.2 Å². The molecule has 1 saturated heterocycles. The molecule has 1 aliphatic heterocycles. The predicted molar refractivity (Wildman–Crippen MR) is 101 cm³/mol. The molecular weight excluding hydrogens is 346 g/mol. The number of amides is 1. The average Bonchev–Trinajstić information content (AvgIpc) is 3.35. The SMILES string of the molecule is COc1ccccc1OCC(=O)Nc1ccc2nc(C3CCCO3)[nH]c2c1. The van der Waals surface area contributed by atoms with Crippen LogP contribution in [0.4, 0.5) is 5.69 Å². The van der Waals surface area contributed by atoms with E-state index in [-0.39, 0.29) is 18.6 Å². The van der Waals surface area contributed by atoms with Gasteiger partial charge in [0, 0.05) is 12.3 Å². The highest BCUT2D eigenvalue weighted by Gasteiger charge is 2.21. The van der Waals surface area contributed by atoms with E-state index in [1.165, 1.54) is 0 Å². The number of aromatic amines is 1. The van der Waals surface area contributed by atoms with Crippen LogP contribution in [-0.2, 0) is 9.53 Å². The summed E-state index contributed by atoms with van der Waals surface area (Å²) in [6, 6.07) is 12.8. The van der Waals surface area contributed by atoms with Crippen LogP contribution in [-0.4, -0.2) is 36.2 Å². The van der Waals surface area contributed by atoms with Crippen LogP contribution in [0, 0.1) is 0 Å². The number of hydrogen-bond acceptors (Lipinski definition) is 5. The largest absolute Gasteiger partial charge is 0.493 e. The molecule has 1 fully saturated rings. The van der Waals surface area contributed by atoms with Crippen LogP contribution in [0.25, 0.3) is 11.0 Å². The van der Waals surface area contributed by atoms with Crippen molar-refractivity contribution >= 4 is 22.6 Å². The molecule has 0 radical (unpaired) electrons. The Morgan fingerprint density at radius 1 is 1.30 bits per heavy atom. The number of carbonyl (C=O) groups is 1. The van der Waals surface area contributed by atoms with Crippen molar-refractivity contribution in [2.45, 2.75) is 18.9 Å². The molecule has 3 aromatic rings. The Kier molecular flexibility index (Phi) is 4.93. The van der Waals surface area contributed by atoms with Crippen molar-refractivity contribution in [2.24, 2.45) is 0 Å². The van der Waals surface area contributed by atoms with Crippen LogP contribution in [0.15, 0.2) is 42.5 Å². The number of methoxy groups -OCH3 is 1. The first-order chi connectivity index (χ1) is 13.2. The first kappa shape index (κ1) is 17.4. The number of nitrogens with zero attached hydrogens (tertiary/aromatic N) is 1. The number of nitrogens with one attached hydrogen (secondary N) is 2. The number of H-pyrrole nitrogens is 1. The van der Waals surface area contributed by atoms with Crippen LogP contribution >= 0.6 is 0 Å². The minimum atomic E-state index is -0.251. The van der Waals surface area contributed by atoms with E-state index < -0.39 is 0 Å².